The maximum absolute atomic E-state index is 5.74. The molecule has 1 fully saturated rings. The average Bonchev–Trinajstić information content (AvgIpc) is 2.76. The largest absolute Gasteiger partial charge is 0.382 e. The van der Waals surface area contributed by atoms with Crippen molar-refractivity contribution in [1.29, 1.82) is 0 Å². The van der Waals surface area contributed by atoms with Crippen LogP contribution in [0.4, 0.5) is 5.82 Å². The number of hydrogen-bond donors (Lipinski definition) is 2. The van der Waals surface area contributed by atoms with Crippen LogP contribution in [0.5, 0.6) is 0 Å². The number of aromatic amines is 1. The third-order valence-electron chi connectivity index (χ3n) is 2.82. The Morgan fingerprint density at radius 3 is 3.06 bits per heavy atom. The average molecular weight is 219 g/mol. The van der Waals surface area contributed by atoms with Crippen LogP contribution in [0.2, 0.25) is 0 Å². The number of ether oxygens (including phenoxy) is 1. The van der Waals surface area contributed by atoms with Crippen molar-refractivity contribution in [2.45, 2.75) is 25.4 Å². The number of H-pyrrole nitrogens is 1. The second kappa shape index (κ2) is 3.71. The van der Waals surface area contributed by atoms with Gasteiger partial charge >= 0.3 is 0 Å². The second-order valence-electron chi connectivity index (χ2n) is 3.93. The van der Waals surface area contributed by atoms with Crippen LogP contribution in [0.1, 0.15) is 31.2 Å². The standard InChI is InChI=1S/C10H13N5O/c11-8-7-10(13-5-12-8)15-9(14-7)6-3-1-2-4-16-6/h5-6H,1-4H2,(H3,11,12,13,14,15). The van der Waals surface area contributed by atoms with Gasteiger partial charge < -0.3 is 15.5 Å². The van der Waals surface area contributed by atoms with Gasteiger partial charge in [-0.05, 0) is 19.3 Å². The van der Waals surface area contributed by atoms with Crippen LogP contribution in [0.15, 0.2) is 6.33 Å². The summed E-state index contributed by atoms with van der Waals surface area (Å²) in [5, 5.41) is 0. The van der Waals surface area contributed by atoms with E-state index in [1.165, 1.54) is 12.7 Å². The molecule has 3 N–H and O–H groups in total. The molecule has 3 heterocycles. The molecule has 6 heteroatoms. The highest BCUT2D eigenvalue weighted by atomic mass is 16.5. The van der Waals surface area contributed by atoms with Gasteiger partial charge in [0.2, 0.25) is 0 Å². The van der Waals surface area contributed by atoms with E-state index < -0.39 is 0 Å². The van der Waals surface area contributed by atoms with Crippen molar-refractivity contribution in [3.05, 3.63) is 12.2 Å². The highest BCUT2D eigenvalue weighted by molar-refractivity contribution is 5.81. The van der Waals surface area contributed by atoms with Crippen molar-refractivity contribution in [2.75, 3.05) is 12.3 Å². The van der Waals surface area contributed by atoms with E-state index in [2.05, 4.69) is 19.9 Å². The lowest BCUT2D eigenvalue weighted by Crippen LogP contribution is -2.12. The molecule has 1 atom stereocenters. The molecule has 0 spiro atoms. The second-order valence-corrected chi connectivity index (χ2v) is 3.93. The molecule has 84 valence electrons. The molecule has 1 aliphatic heterocycles. The minimum absolute atomic E-state index is 0.0438. The molecule has 0 aromatic carbocycles. The Kier molecular flexibility index (Phi) is 2.21. The van der Waals surface area contributed by atoms with E-state index in [-0.39, 0.29) is 6.10 Å². The summed E-state index contributed by atoms with van der Waals surface area (Å²) in [7, 11) is 0. The first-order chi connectivity index (χ1) is 7.84. The van der Waals surface area contributed by atoms with Crippen LogP contribution < -0.4 is 5.73 Å². The first kappa shape index (κ1) is 9.53. The predicted molar refractivity (Wildman–Crippen MR) is 58.6 cm³/mol. The molecule has 0 aliphatic carbocycles. The monoisotopic (exact) mass is 219 g/mol. The Morgan fingerprint density at radius 2 is 2.31 bits per heavy atom. The molecule has 2 aromatic heterocycles. The van der Waals surface area contributed by atoms with Gasteiger partial charge in [0.05, 0.1) is 0 Å². The maximum atomic E-state index is 5.74. The van der Waals surface area contributed by atoms with Crippen molar-refractivity contribution < 1.29 is 4.74 Å². The highest BCUT2D eigenvalue weighted by Crippen LogP contribution is 2.27. The number of nitrogens with zero attached hydrogens (tertiary/aromatic N) is 3. The number of rotatable bonds is 1. The number of imidazole rings is 1. The number of aromatic nitrogens is 4. The number of nitrogens with one attached hydrogen (secondary N) is 1. The molecule has 3 rings (SSSR count). The predicted octanol–water partition coefficient (Wildman–Crippen LogP) is 1.18. The summed E-state index contributed by atoms with van der Waals surface area (Å²) < 4.78 is 5.65. The van der Waals surface area contributed by atoms with Crippen LogP contribution >= 0.6 is 0 Å². The van der Waals surface area contributed by atoms with Gasteiger partial charge in [0.15, 0.2) is 11.5 Å². The molecule has 16 heavy (non-hydrogen) atoms. The minimum Gasteiger partial charge on any atom is -0.382 e. The topological polar surface area (TPSA) is 89.7 Å². The van der Waals surface area contributed by atoms with Gasteiger partial charge in [0, 0.05) is 6.61 Å². The molecule has 1 unspecified atom stereocenters. The number of nitrogens with two attached hydrogens (primary N) is 1. The Labute approximate surface area is 92.3 Å². The van der Waals surface area contributed by atoms with Crippen LogP contribution in [0.25, 0.3) is 11.2 Å². The van der Waals surface area contributed by atoms with Gasteiger partial charge in [-0.25, -0.2) is 15.0 Å². The van der Waals surface area contributed by atoms with E-state index in [1.807, 2.05) is 0 Å². The summed E-state index contributed by atoms with van der Waals surface area (Å²) in [6.07, 6.45) is 4.75. The normalized spacial score (nSPS) is 21.4. The van der Waals surface area contributed by atoms with Gasteiger partial charge in [-0.3, -0.25) is 0 Å². The van der Waals surface area contributed by atoms with Crippen molar-refractivity contribution >= 4 is 17.0 Å². The molecule has 0 saturated carbocycles. The fourth-order valence-electron chi connectivity index (χ4n) is 1.97. The summed E-state index contributed by atoms with van der Waals surface area (Å²) in [5.74, 6) is 1.24. The van der Waals surface area contributed by atoms with Gasteiger partial charge in [-0.1, -0.05) is 0 Å². The summed E-state index contributed by atoms with van der Waals surface area (Å²) in [6, 6.07) is 0. The lowest BCUT2D eigenvalue weighted by atomic mass is 10.1. The molecular weight excluding hydrogens is 206 g/mol. The highest BCUT2D eigenvalue weighted by Gasteiger charge is 2.20. The molecule has 0 amide bonds. The van der Waals surface area contributed by atoms with Gasteiger partial charge in [0.1, 0.15) is 23.8 Å². The lowest BCUT2D eigenvalue weighted by molar-refractivity contribution is 0.0101. The fraction of sp³-hybridized carbons (Fsp3) is 0.500. The molecule has 0 radical (unpaired) electrons. The third-order valence-corrected chi connectivity index (χ3v) is 2.82. The van der Waals surface area contributed by atoms with Crippen molar-refractivity contribution in [3.63, 3.8) is 0 Å². The Hall–Kier alpha value is -1.69. The van der Waals surface area contributed by atoms with E-state index >= 15 is 0 Å². The molecule has 0 bridgehead atoms. The van der Waals surface area contributed by atoms with Crippen molar-refractivity contribution in [2.24, 2.45) is 0 Å². The Bertz CT molecular complexity index is 503. The third kappa shape index (κ3) is 1.51. The van der Waals surface area contributed by atoms with E-state index in [1.54, 1.807) is 0 Å². The lowest BCUT2D eigenvalue weighted by Gasteiger charge is -2.20. The van der Waals surface area contributed by atoms with Crippen LogP contribution in [0, 0.1) is 0 Å². The number of anilines is 1. The smallest absolute Gasteiger partial charge is 0.183 e. The molecular formula is C10H13N5O. The Morgan fingerprint density at radius 1 is 1.38 bits per heavy atom. The first-order valence-electron chi connectivity index (χ1n) is 5.42. The summed E-state index contributed by atoms with van der Waals surface area (Å²) in [4.78, 5) is 15.5. The minimum atomic E-state index is 0.0438. The zero-order chi connectivity index (χ0) is 11.0. The number of nitrogen functional groups attached to an aromatic ring is 1. The van der Waals surface area contributed by atoms with Crippen LogP contribution in [-0.2, 0) is 4.74 Å². The van der Waals surface area contributed by atoms with Crippen LogP contribution in [0.3, 0.4) is 0 Å². The fourth-order valence-corrected chi connectivity index (χ4v) is 1.97. The first-order valence-corrected chi connectivity index (χ1v) is 5.42. The molecule has 1 saturated heterocycles. The zero-order valence-electron chi connectivity index (χ0n) is 8.81. The van der Waals surface area contributed by atoms with E-state index in [4.69, 9.17) is 10.5 Å². The van der Waals surface area contributed by atoms with Gasteiger partial charge in [0.25, 0.3) is 0 Å². The Balaban J connectivity index is 2.01. The van der Waals surface area contributed by atoms with Gasteiger partial charge in [-0.2, -0.15) is 0 Å². The number of fused-ring (bicyclic) bond motifs is 1. The van der Waals surface area contributed by atoms with E-state index in [0.29, 0.717) is 17.0 Å². The van der Waals surface area contributed by atoms with Crippen molar-refractivity contribution in [1.82, 2.24) is 19.9 Å². The maximum Gasteiger partial charge on any atom is 0.183 e. The molecule has 6 nitrogen and oxygen atoms in total. The van der Waals surface area contributed by atoms with Gasteiger partial charge in [-0.15, -0.1) is 0 Å². The summed E-state index contributed by atoms with van der Waals surface area (Å²) in [6.45, 7) is 0.795. The quantitative estimate of drug-likeness (QED) is 0.751. The molecule has 1 aliphatic rings. The van der Waals surface area contributed by atoms with Crippen molar-refractivity contribution in [3.8, 4) is 0 Å². The summed E-state index contributed by atoms with van der Waals surface area (Å²) >= 11 is 0. The zero-order valence-corrected chi connectivity index (χ0v) is 8.81. The van der Waals surface area contributed by atoms with E-state index in [0.717, 1.165) is 25.3 Å². The summed E-state index contributed by atoms with van der Waals surface area (Å²) in [5.41, 5.74) is 7.04. The SMILES string of the molecule is Nc1ncnc2nc(C3CCCCO3)[nH]c12. The van der Waals surface area contributed by atoms with Crippen LogP contribution in [-0.4, -0.2) is 26.5 Å². The number of hydrogen-bond acceptors (Lipinski definition) is 5. The molecule has 2 aromatic rings. The van der Waals surface area contributed by atoms with E-state index in [9.17, 15) is 0 Å².